The summed E-state index contributed by atoms with van der Waals surface area (Å²) in [5, 5.41) is 4.02. The quantitative estimate of drug-likeness (QED) is 0.697. The molecule has 1 aromatic heterocycles. The van der Waals surface area contributed by atoms with E-state index in [2.05, 4.69) is 56.2 Å². The van der Waals surface area contributed by atoms with Crippen LogP contribution in [0, 0.1) is 6.92 Å². The van der Waals surface area contributed by atoms with Gasteiger partial charge in [-0.2, -0.15) is 0 Å². The molecule has 3 heteroatoms. The second kappa shape index (κ2) is 6.48. The third-order valence-electron chi connectivity index (χ3n) is 3.62. The zero-order chi connectivity index (χ0) is 15.6. The van der Waals surface area contributed by atoms with E-state index in [0.29, 0.717) is 17.0 Å². The highest BCUT2D eigenvalue weighted by Crippen LogP contribution is 2.35. The minimum absolute atomic E-state index is 0.448. The van der Waals surface area contributed by atoms with Crippen LogP contribution in [0.25, 0.3) is 0 Å². The second-order valence-electron chi connectivity index (χ2n) is 6.04. The molecule has 112 valence electrons. The van der Waals surface area contributed by atoms with Crippen LogP contribution in [0.4, 0.5) is 11.4 Å². The Morgan fingerprint density at radius 2 is 1.52 bits per heavy atom. The number of para-hydroxylation sites is 1. The van der Waals surface area contributed by atoms with E-state index in [-0.39, 0.29) is 0 Å². The summed E-state index contributed by atoms with van der Waals surface area (Å²) in [6.07, 6.45) is 0. The molecule has 1 heterocycles. The van der Waals surface area contributed by atoms with Gasteiger partial charge in [-0.1, -0.05) is 57.5 Å². The highest BCUT2D eigenvalue weighted by atomic mass is 35.5. The fourth-order valence-corrected chi connectivity index (χ4v) is 2.69. The first kappa shape index (κ1) is 15.8. The summed E-state index contributed by atoms with van der Waals surface area (Å²) in [6.45, 7) is 10.8. The fourth-order valence-electron chi connectivity index (χ4n) is 2.45. The van der Waals surface area contributed by atoms with E-state index in [4.69, 9.17) is 11.6 Å². The van der Waals surface area contributed by atoms with Gasteiger partial charge in [0, 0.05) is 11.4 Å². The SMILES string of the molecule is Cc1ccc(Nc2c(C(C)C)cccc2C(C)C)c(Cl)n1. The third kappa shape index (κ3) is 3.56. The normalized spacial score (nSPS) is 11.2. The molecular weight excluding hydrogens is 280 g/mol. The molecule has 2 rings (SSSR count). The first-order valence-corrected chi connectivity index (χ1v) is 7.81. The van der Waals surface area contributed by atoms with Crippen molar-refractivity contribution in [3.8, 4) is 0 Å². The van der Waals surface area contributed by atoms with Crippen molar-refractivity contribution in [3.05, 3.63) is 52.3 Å². The third-order valence-corrected chi connectivity index (χ3v) is 3.91. The van der Waals surface area contributed by atoms with Gasteiger partial charge in [0.2, 0.25) is 0 Å². The van der Waals surface area contributed by atoms with Crippen molar-refractivity contribution in [1.82, 2.24) is 4.98 Å². The van der Waals surface area contributed by atoms with Crippen molar-refractivity contribution >= 4 is 23.0 Å². The Hall–Kier alpha value is -1.54. The number of nitrogens with zero attached hydrogens (tertiary/aromatic N) is 1. The van der Waals surface area contributed by atoms with E-state index < -0.39 is 0 Å². The molecule has 0 saturated heterocycles. The Morgan fingerprint density at radius 1 is 0.952 bits per heavy atom. The van der Waals surface area contributed by atoms with Crippen molar-refractivity contribution in [2.45, 2.75) is 46.5 Å². The summed E-state index contributed by atoms with van der Waals surface area (Å²) in [5.74, 6) is 0.895. The molecule has 0 fully saturated rings. The molecule has 1 N–H and O–H groups in total. The molecule has 0 bridgehead atoms. The first-order chi connectivity index (χ1) is 9.90. The number of rotatable bonds is 4. The Bertz CT molecular complexity index is 607. The number of hydrogen-bond donors (Lipinski definition) is 1. The summed E-state index contributed by atoms with van der Waals surface area (Å²) in [7, 11) is 0. The number of hydrogen-bond acceptors (Lipinski definition) is 2. The maximum atomic E-state index is 6.27. The van der Waals surface area contributed by atoms with E-state index in [1.54, 1.807) is 0 Å². The summed E-state index contributed by atoms with van der Waals surface area (Å²) < 4.78 is 0. The van der Waals surface area contributed by atoms with Crippen molar-refractivity contribution < 1.29 is 0 Å². The number of benzene rings is 1. The monoisotopic (exact) mass is 302 g/mol. The lowest BCUT2D eigenvalue weighted by atomic mass is 9.92. The van der Waals surface area contributed by atoms with E-state index >= 15 is 0 Å². The average Bonchev–Trinajstić information content (AvgIpc) is 2.41. The van der Waals surface area contributed by atoms with Crippen molar-refractivity contribution in [3.63, 3.8) is 0 Å². The van der Waals surface area contributed by atoms with Crippen LogP contribution in [0.3, 0.4) is 0 Å². The lowest BCUT2D eigenvalue weighted by Crippen LogP contribution is -2.04. The summed E-state index contributed by atoms with van der Waals surface area (Å²) in [6, 6.07) is 10.4. The molecule has 0 atom stereocenters. The molecule has 0 aliphatic rings. The average molecular weight is 303 g/mol. The van der Waals surface area contributed by atoms with Gasteiger partial charge in [-0.15, -0.1) is 0 Å². The number of anilines is 2. The van der Waals surface area contributed by atoms with Crippen molar-refractivity contribution in [2.75, 3.05) is 5.32 Å². The number of nitrogens with one attached hydrogen (secondary N) is 1. The predicted octanol–water partition coefficient (Wildman–Crippen LogP) is 6.03. The largest absolute Gasteiger partial charge is 0.353 e. The van der Waals surface area contributed by atoms with Gasteiger partial charge in [-0.3, -0.25) is 0 Å². The molecular formula is C18H23ClN2. The van der Waals surface area contributed by atoms with Gasteiger partial charge >= 0.3 is 0 Å². The Labute approximate surface area is 132 Å². The minimum atomic E-state index is 0.448. The number of aryl methyl sites for hydroxylation is 1. The minimum Gasteiger partial charge on any atom is -0.353 e. The lowest BCUT2D eigenvalue weighted by molar-refractivity contribution is 0.838. The van der Waals surface area contributed by atoms with Crippen LogP contribution >= 0.6 is 11.6 Å². The Morgan fingerprint density at radius 3 is 2.00 bits per heavy atom. The maximum absolute atomic E-state index is 6.27. The Kier molecular flexibility index (Phi) is 4.89. The highest BCUT2D eigenvalue weighted by Gasteiger charge is 2.15. The number of aromatic nitrogens is 1. The van der Waals surface area contributed by atoms with Gasteiger partial charge in [0.15, 0.2) is 5.15 Å². The maximum Gasteiger partial charge on any atom is 0.152 e. The lowest BCUT2D eigenvalue weighted by Gasteiger charge is -2.21. The van der Waals surface area contributed by atoms with Crippen molar-refractivity contribution in [2.24, 2.45) is 0 Å². The van der Waals surface area contributed by atoms with Crippen molar-refractivity contribution in [1.29, 1.82) is 0 Å². The predicted molar refractivity (Wildman–Crippen MR) is 91.9 cm³/mol. The molecule has 2 aromatic rings. The van der Waals surface area contributed by atoms with Crippen LogP contribution in [0.1, 0.15) is 56.4 Å². The van der Waals surface area contributed by atoms with Gasteiger partial charge in [0.25, 0.3) is 0 Å². The topological polar surface area (TPSA) is 24.9 Å². The molecule has 0 radical (unpaired) electrons. The molecule has 2 nitrogen and oxygen atoms in total. The molecule has 0 unspecified atom stereocenters. The van der Waals surface area contributed by atoms with E-state index in [1.165, 1.54) is 11.1 Å². The van der Waals surface area contributed by atoms with Crippen LogP contribution < -0.4 is 5.32 Å². The van der Waals surface area contributed by atoms with Gasteiger partial charge < -0.3 is 5.32 Å². The standard InChI is InChI=1S/C18H23ClN2/c1-11(2)14-7-6-8-15(12(3)4)17(14)21-16-10-9-13(5)20-18(16)19/h6-12,21H,1-5H3. The van der Waals surface area contributed by atoms with E-state index in [1.807, 2.05) is 19.1 Å². The molecule has 21 heavy (non-hydrogen) atoms. The molecule has 0 spiro atoms. The van der Waals surface area contributed by atoms with Gasteiger partial charge in [-0.05, 0) is 42.0 Å². The molecule has 0 amide bonds. The van der Waals surface area contributed by atoms with Crippen LogP contribution in [-0.2, 0) is 0 Å². The summed E-state index contributed by atoms with van der Waals surface area (Å²) in [4.78, 5) is 4.32. The van der Waals surface area contributed by atoms with Gasteiger partial charge in [0.1, 0.15) is 0 Å². The first-order valence-electron chi connectivity index (χ1n) is 7.43. The summed E-state index contributed by atoms with van der Waals surface area (Å²) >= 11 is 6.27. The van der Waals surface area contributed by atoms with Crippen LogP contribution in [0.5, 0.6) is 0 Å². The summed E-state index contributed by atoms with van der Waals surface area (Å²) in [5.41, 5.74) is 5.55. The number of halogens is 1. The van der Waals surface area contributed by atoms with E-state index in [0.717, 1.165) is 17.1 Å². The van der Waals surface area contributed by atoms with E-state index in [9.17, 15) is 0 Å². The van der Waals surface area contributed by atoms with Gasteiger partial charge in [0.05, 0.1) is 5.69 Å². The molecule has 0 aliphatic heterocycles. The number of pyridine rings is 1. The molecule has 1 aromatic carbocycles. The smallest absolute Gasteiger partial charge is 0.152 e. The Balaban J connectivity index is 2.51. The van der Waals surface area contributed by atoms with Crippen LogP contribution in [-0.4, -0.2) is 4.98 Å². The van der Waals surface area contributed by atoms with Crippen LogP contribution in [0.2, 0.25) is 5.15 Å². The fraction of sp³-hybridized carbons (Fsp3) is 0.389. The molecule has 0 aliphatic carbocycles. The zero-order valence-electron chi connectivity index (χ0n) is 13.4. The van der Waals surface area contributed by atoms with Crippen LogP contribution in [0.15, 0.2) is 30.3 Å². The molecule has 0 saturated carbocycles. The second-order valence-corrected chi connectivity index (χ2v) is 6.39. The highest BCUT2D eigenvalue weighted by molar-refractivity contribution is 6.32. The van der Waals surface area contributed by atoms with Gasteiger partial charge in [-0.25, -0.2) is 4.98 Å². The zero-order valence-corrected chi connectivity index (χ0v) is 14.1.